The summed E-state index contributed by atoms with van der Waals surface area (Å²) < 4.78 is 1.38. The van der Waals surface area contributed by atoms with Crippen molar-refractivity contribution in [3.63, 3.8) is 0 Å². The first-order valence-corrected chi connectivity index (χ1v) is 13.2. The van der Waals surface area contributed by atoms with Crippen LogP contribution < -0.4 is 22.0 Å². The Morgan fingerprint density at radius 3 is 1.64 bits per heavy atom. The molecule has 0 spiro atoms. The molecule has 0 fully saturated rings. The van der Waals surface area contributed by atoms with E-state index in [2.05, 4.69) is 13.8 Å². The second-order valence-corrected chi connectivity index (χ2v) is 9.86. The minimum atomic E-state index is -0.416. The molecule has 0 N–H and O–H groups in total. The molecular weight excluding hydrogens is 454 g/mol. The Hall–Kier alpha value is -3.41. The first-order valence-electron chi connectivity index (χ1n) is 13.2. The van der Waals surface area contributed by atoms with Gasteiger partial charge in [-0.05, 0) is 37.1 Å². The molecule has 0 aliphatic heterocycles. The van der Waals surface area contributed by atoms with Crippen LogP contribution in [0.2, 0.25) is 0 Å². The minimum absolute atomic E-state index is 0.111. The smallest absolute Gasteiger partial charge is 0.261 e. The number of hydrogen-bond donors (Lipinski definition) is 0. The third kappa shape index (κ3) is 4.69. The molecule has 3 aromatic carbocycles. The van der Waals surface area contributed by atoms with E-state index in [1.54, 1.807) is 0 Å². The van der Waals surface area contributed by atoms with Crippen molar-refractivity contribution < 1.29 is 4.79 Å². The highest BCUT2D eigenvalue weighted by molar-refractivity contribution is 6.05. The van der Waals surface area contributed by atoms with E-state index in [1.807, 2.05) is 0 Å². The van der Waals surface area contributed by atoms with Gasteiger partial charge in [-0.15, -0.1) is 0 Å². The molecule has 6 nitrogen and oxygen atoms in total. The second-order valence-electron chi connectivity index (χ2n) is 9.86. The van der Waals surface area contributed by atoms with E-state index in [1.165, 1.54) is 34.9 Å². The van der Waals surface area contributed by atoms with Crippen molar-refractivity contribution in [2.45, 2.75) is 84.1 Å². The van der Waals surface area contributed by atoms with Crippen LogP contribution in [0.25, 0.3) is 32.3 Å². The molecule has 1 aromatic heterocycles. The Morgan fingerprint density at radius 2 is 1.14 bits per heavy atom. The summed E-state index contributed by atoms with van der Waals surface area (Å²) in [6, 6.07) is 7.01. The lowest BCUT2D eigenvalue weighted by molar-refractivity contribution is 0.112. The van der Waals surface area contributed by atoms with Gasteiger partial charge in [0.05, 0.1) is 10.8 Å². The summed E-state index contributed by atoms with van der Waals surface area (Å²) in [6.07, 6.45) is 10.6. The number of carbonyl (C=O) groups is 1. The Labute approximate surface area is 209 Å². The maximum Gasteiger partial charge on any atom is 0.261 e. The zero-order valence-electron chi connectivity index (χ0n) is 21.1. The Morgan fingerprint density at radius 1 is 0.639 bits per heavy atom. The number of hydrogen-bond acceptors (Lipinski definition) is 5. The topological polar surface area (TPSA) is 90.3 Å². The normalized spacial score (nSPS) is 11.9. The van der Waals surface area contributed by atoms with E-state index in [0.717, 1.165) is 64.2 Å². The summed E-state index contributed by atoms with van der Waals surface area (Å²) in [6.45, 7) is 4.30. The van der Waals surface area contributed by atoms with Crippen LogP contribution in [0.3, 0.4) is 0 Å². The van der Waals surface area contributed by atoms with Crippen molar-refractivity contribution in [3.8, 4) is 0 Å². The van der Waals surface area contributed by atoms with Crippen LogP contribution >= 0.6 is 0 Å². The van der Waals surface area contributed by atoms with Crippen molar-refractivity contribution >= 4 is 38.6 Å². The van der Waals surface area contributed by atoms with Gasteiger partial charge in [0.25, 0.3) is 11.1 Å². The molecule has 0 saturated heterocycles. The van der Waals surface area contributed by atoms with Gasteiger partial charge in [-0.1, -0.05) is 71.3 Å². The summed E-state index contributed by atoms with van der Waals surface area (Å²) in [5.74, 6) is 0. The van der Waals surface area contributed by atoms with Gasteiger partial charge in [0, 0.05) is 33.2 Å². The standard InChI is InChI=1S/C30H33NO5/c1-3-5-7-9-11-20(12-10-8-6-4-2)31-29(35)25-16-23-24(17-26(25)30(31)36)28(34)22-15-19(18-32)13-14-21(22)27(23)33/h13-18,20H,3-12H2,1-2H3. The number of aromatic nitrogens is 1. The fraction of sp³-hybridized carbons (Fsp3) is 0.433. The van der Waals surface area contributed by atoms with Crippen LogP contribution in [-0.4, -0.2) is 10.9 Å². The molecule has 0 unspecified atom stereocenters. The molecule has 0 amide bonds. The molecular formula is C30H33NO5. The summed E-state index contributed by atoms with van der Waals surface area (Å²) in [4.78, 5) is 64.7. The lowest BCUT2D eigenvalue weighted by Crippen LogP contribution is -2.30. The summed E-state index contributed by atoms with van der Waals surface area (Å²) in [5, 5.41) is 0.976. The second kappa shape index (κ2) is 11.1. The highest BCUT2D eigenvalue weighted by atomic mass is 16.2. The van der Waals surface area contributed by atoms with Crippen molar-refractivity contribution in [1.82, 2.24) is 4.57 Å². The quantitative estimate of drug-likeness (QED) is 0.148. The average molecular weight is 488 g/mol. The molecule has 0 radical (unpaired) electrons. The minimum Gasteiger partial charge on any atom is -0.298 e. The van der Waals surface area contributed by atoms with Crippen LogP contribution in [-0.2, 0) is 0 Å². The lowest BCUT2D eigenvalue weighted by atomic mass is 9.99. The van der Waals surface area contributed by atoms with E-state index in [0.29, 0.717) is 11.8 Å². The zero-order chi connectivity index (χ0) is 25.8. The van der Waals surface area contributed by atoms with E-state index >= 15 is 0 Å². The van der Waals surface area contributed by atoms with E-state index in [9.17, 15) is 24.0 Å². The number of carbonyl (C=O) groups excluding carboxylic acids is 1. The summed E-state index contributed by atoms with van der Waals surface area (Å²) in [5.41, 5.74) is -1.27. The predicted octanol–water partition coefficient (Wildman–Crippen LogP) is 5.56. The highest BCUT2D eigenvalue weighted by Crippen LogP contribution is 2.24. The van der Waals surface area contributed by atoms with Gasteiger partial charge in [-0.2, -0.15) is 0 Å². The highest BCUT2D eigenvalue weighted by Gasteiger charge is 2.22. The van der Waals surface area contributed by atoms with E-state index in [4.69, 9.17) is 0 Å². The number of benzene rings is 3. The summed E-state index contributed by atoms with van der Waals surface area (Å²) >= 11 is 0. The molecule has 36 heavy (non-hydrogen) atoms. The van der Waals surface area contributed by atoms with Crippen LogP contribution in [0, 0.1) is 0 Å². The third-order valence-corrected chi connectivity index (χ3v) is 7.36. The molecule has 0 atom stereocenters. The van der Waals surface area contributed by atoms with E-state index in [-0.39, 0.29) is 54.9 Å². The number of unbranched alkanes of at least 4 members (excludes halogenated alkanes) is 6. The van der Waals surface area contributed by atoms with E-state index < -0.39 is 5.43 Å². The Bertz CT molecular complexity index is 1610. The van der Waals surface area contributed by atoms with Crippen LogP contribution in [0.15, 0.2) is 49.5 Å². The molecule has 0 bridgehead atoms. The van der Waals surface area contributed by atoms with Crippen LogP contribution in [0.4, 0.5) is 0 Å². The zero-order valence-corrected chi connectivity index (χ0v) is 21.1. The Balaban J connectivity index is 1.88. The third-order valence-electron chi connectivity index (χ3n) is 7.36. The van der Waals surface area contributed by atoms with Crippen molar-refractivity contribution in [3.05, 3.63) is 77.0 Å². The molecule has 188 valence electrons. The SMILES string of the molecule is CCCCCCC(CCCCCC)n1c(=O)c2cc3c(=O)c4ccc(C=O)cc4c(=O)c3cc2c1=O. The molecule has 4 rings (SSSR count). The number of fused-ring (bicyclic) bond motifs is 3. The number of rotatable bonds is 12. The first kappa shape index (κ1) is 25.7. The maximum absolute atomic E-state index is 13.5. The van der Waals surface area contributed by atoms with Crippen LogP contribution in [0.1, 0.15) is 94.5 Å². The predicted molar refractivity (Wildman–Crippen MR) is 146 cm³/mol. The van der Waals surface area contributed by atoms with Gasteiger partial charge < -0.3 is 0 Å². The van der Waals surface area contributed by atoms with Gasteiger partial charge in [0.2, 0.25) is 0 Å². The largest absolute Gasteiger partial charge is 0.298 e. The number of aldehydes is 1. The molecule has 0 aliphatic rings. The van der Waals surface area contributed by atoms with Gasteiger partial charge in [-0.25, -0.2) is 0 Å². The van der Waals surface area contributed by atoms with Crippen molar-refractivity contribution in [2.75, 3.05) is 0 Å². The Kier molecular flexibility index (Phi) is 7.92. The van der Waals surface area contributed by atoms with Crippen LogP contribution in [0.5, 0.6) is 0 Å². The van der Waals surface area contributed by atoms with Gasteiger partial charge in [0.15, 0.2) is 10.9 Å². The number of nitrogens with zero attached hydrogens (tertiary/aromatic N) is 1. The summed E-state index contributed by atoms with van der Waals surface area (Å²) in [7, 11) is 0. The molecule has 6 heteroatoms. The van der Waals surface area contributed by atoms with Gasteiger partial charge >= 0.3 is 0 Å². The molecule has 4 aromatic rings. The first-order chi connectivity index (χ1) is 17.4. The van der Waals surface area contributed by atoms with Crippen molar-refractivity contribution in [2.24, 2.45) is 0 Å². The lowest BCUT2D eigenvalue weighted by Gasteiger charge is -2.17. The van der Waals surface area contributed by atoms with Crippen molar-refractivity contribution in [1.29, 1.82) is 0 Å². The van der Waals surface area contributed by atoms with Gasteiger partial charge in [0.1, 0.15) is 6.29 Å². The average Bonchev–Trinajstić information content (AvgIpc) is 3.14. The molecule has 0 saturated carbocycles. The fourth-order valence-corrected chi connectivity index (χ4v) is 5.34. The molecule has 0 aliphatic carbocycles. The molecule has 1 heterocycles. The van der Waals surface area contributed by atoms with Gasteiger partial charge in [-0.3, -0.25) is 28.5 Å². The fourth-order valence-electron chi connectivity index (χ4n) is 5.34. The monoisotopic (exact) mass is 487 g/mol. The maximum atomic E-state index is 13.5.